The second-order valence-electron chi connectivity index (χ2n) is 5.19. The molecule has 2 aromatic carbocycles. The Hall–Kier alpha value is -1.19. The minimum absolute atomic E-state index is 0.00352. The Labute approximate surface area is 128 Å². The van der Waals surface area contributed by atoms with Gasteiger partial charge in [-0.2, -0.15) is 0 Å². The van der Waals surface area contributed by atoms with Crippen LogP contribution < -0.4 is 5.32 Å². The van der Waals surface area contributed by atoms with Crippen molar-refractivity contribution in [3.8, 4) is 0 Å². The van der Waals surface area contributed by atoms with E-state index in [0.717, 1.165) is 21.2 Å². The van der Waals surface area contributed by atoms with Crippen LogP contribution in [0.3, 0.4) is 0 Å². The molecule has 0 aliphatic carbocycles. The van der Waals surface area contributed by atoms with Gasteiger partial charge in [0.25, 0.3) is 0 Å². The lowest BCUT2D eigenvalue weighted by atomic mass is 9.93. The van der Waals surface area contributed by atoms with Crippen LogP contribution in [0.15, 0.2) is 34.8 Å². The molecule has 0 aliphatic heterocycles. The topological polar surface area (TPSA) is 12.0 Å². The minimum Gasteiger partial charge on any atom is -0.309 e. The molecule has 106 valence electrons. The number of hydrogen-bond donors (Lipinski definition) is 1. The van der Waals surface area contributed by atoms with Gasteiger partial charge in [-0.05, 0) is 67.8 Å². The van der Waals surface area contributed by atoms with Gasteiger partial charge in [-0.1, -0.05) is 34.1 Å². The molecule has 1 nitrogen and oxygen atoms in total. The molecule has 1 atom stereocenters. The number of nitrogens with one attached hydrogen (secondary N) is 1. The lowest BCUT2D eigenvalue weighted by molar-refractivity contribution is 0.615. The summed E-state index contributed by atoms with van der Waals surface area (Å²) in [6.07, 6.45) is 0. The van der Waals surface area contributed by atoms with Crippen molar-refractivity contribution in [2.24, 2.45) is 0 Å². The smallest absolute Gasteiger partial charge is 0.123 e. The fourth-order valence-electron chi connectivity index (χ4n) is 2.57. The summed E-state index contributed by atoms with van der Waals surface area (Å²) in [5.74, 6) is -0.198. The Morgan fingerprint density at radius 3 is 2.15 bits per heavy atom. The van der Waals surface area contributed by atoms with Crippen LogP contribution in [0.4, 0.5) is 4.39 Å². The molecule has 0 bridgehead atoms. The van der Waals surface area contributed by atoms with Gasteiger partial charge < -0.3 is 5.32 Å². The van der Waals surface area contributed by atoms with Crippen LogP contribution in [0.1, 0.15) is 33.9 Å². The van der Waals surface area contributed by atoms with E-state index in [1.807, 2.05) is 20.0 Å². The maximum Gasteiger partial charge on any atom is 0.123 e. The highest BCUT2D eigenvalue weighted by Crippen LogP contribution is 2.30. The largest absolute Gasteiger partial charge is 0.309 e. The molecule has 1 N–H and O–H groups in total. The minimum atomic E-state index is -0.198. The Morgan fingerprint density at radius 2 is 1.60 bits per heavy atom. The van der Waals surface area contributed by atoms with Crippen molar-refractivity contribution in [2.75, 3.05) is 7.05 Å². The van der Waals surface area contributed by atoms with Crippen molar-refractivity contribution in [1.82, 2.24) is 5.32 Å². The summed E-state index contributed by atoms with van der Waals surface area (Å²) >= 11 is 3.59. The monoisotopic (exact) mass is 335 g/mol. The van der Waals surface area contributed by atoms with E-state index in [0.29, 0.717) is 0 Å². The van der Waals surface area contributed by atoms with Crippen LogP contribution in [0, 0.1) is 26.6 Å². The van der Waals surface area contributed by atoms with E-state index in [-0.39, 0.29) is 11.9 Å². The molecule has 0 radical (unpaired) electrons. The molecule has 2 aromatic rings. The second-order valence-corrected chi connectivity index (χ2v) is 5.98. The van der Waals surface area contributed by atoms with Crippen molar-refractivity contribution in [3.05, 3.63) is 68.4 Å². The summed E-state index contributed by atoms with van der Waals surface area (Å²) in [6, 6.07) is 9.22. The van der Waals surface area contributed by atoms with E-state index >= 15 is 0 Å². The molecule has 3 heteroatoms. The maximum atomic E-state index is 13.5. The predicted molar refractivity (Wildman–Crippen MR) is 85.7 cm³/mol. The van der Waals surface area contributed by atoms with Gasteiger partial charge in [-0.25, -0.2) is 4.39 Å². The molecule has 0 fully saturated rings. The van der Waals surface area contributed by atoms with Gasteiger partial charge in [0.05, 0.1) is 6.04 Å². The molecule has 0 amide bonds. The van der Waals surface area contributed by atoms with Gasteiger partial charge in [0.15, 0.2) is 0 Å². The number of benzene rings is 2. The highest BCUT2D eigenvalue weighted by Gasteiger charge is 2.16. The SMILES string of the molecule is CNC(c1cc(C)c(Br)c(C)c1)c1cc(F)ccc1C. The zero-order valence-corrected chi connectivity index (χ0v) is 13.8. The first kappa shape index (κ1) is 15.2. The highest BCUT2D eigenvalue weighted by molar-refractivity contribution is 9.10. The van der Waals surface area contributed by atoms with Crippen molar-refractivity contribution in [1.29, 1.82) is 0 Å². The first-order valence-corrected chi connectivity index (χ1v) is 7.43. The third-order valence-electron chi connectivity index (χ3n) is 3.63. The molecule has 0 aliphatic rings. The Bertz CT molecular complexity index is 614. The molecule has 0 heterocycles. The van der Waals surface area contributed by atoms with Gasteiger partial charge in [-0.15, -0.1) is 0 Å². The van der Waals surface area contributed by atoms with Crippen molar-refractivity contribution >= 4 is 15.9 Å². The predicted octanol–water partition coefficient (Wildman–Crippen LogP) is 4.82. The van der Waals surface area contributed by atoms with Crippen molar-refractivity contribution < 1.29 is 4.39 Å². The molecule has 0 aromatic heterocycles. The zero-order valence-electron chi connectivity index (χ0n) is 12.2. The Morgan fingerprint density at radius 1 is 1.00 bits per heavy atom. The van der Waals surface area contributed by atoms with E-state index in [1.54, 1.807) is 6.07 Å². The molecule has 20 heavy (non-hydrogen) atoms. The van der Waals surface area contributed by atoms with Crippen LogP contribution in [-0.4, -0.2) is 7.05 Å². The Balaban J connectivity index is 2.55. The third-order valence-corrected chi connectivity index (χ3v) is 4.88. The Kier molecular flexibility index (Phi) is 4.61. The summed E-state index contributed by atoms with van der Waals surface area (Å²) < 4.78 is 14.7. The summed E-state index contributed by atoms with van der Waals surface area (Å²) in [6.45, 7) is 6.16. The zero-order chi connectivity index (χ0) is 14.9. The van der Waals surface area contributed by atoms with Crippen molar-refractivity contribution in [2.45, 2.75) is 26.8 Å². The summed E-state index contributed by atoms with van der Waals surface area (Å²) in [5.41, 5.74) is 5.60. The van der Waals surface area contributed by atoms with Crippen LogP contribution in [0.2, 0.25) is 0 Å². The van der Waals surface area contributed by atoms with Gasteiger partial charge in [-0.3, -0.25) is 0 Å². The number of hydrogen-bond acceptors (Lipinski definition) is 1. The number of halogens is 2. The van der Waals surface area contributed by atoms with E-state index in [4.69, 9.17) is 0 Å². The quantitative estimate of drug-likeness (QED) is 0.847. The van der Waals surface area contributed by atoms with E-state index in [9.17, 15) is 4.39 Å². The second kappa shape index (κ2) is 6.06. The van der Waals surface area contributed by atoms with Gasteiger partial charge in [0.2, 0.25) is 0 Å². The number of rotatable bonds is 3. The first-order valence-electron chi connectivity index (χ1n) is 6.64. The van der Waals surface area contributed by atoms with Crippen LogP contribution in [0.5, 0.6) is 0 Å². The normalized spacial score (nSPS) is 12.5. The summed E-state index contributed by atoms with van der Waals surface area (Å²) in [7, 11) is 1.90. The average Bonchev–Trinajstić information content (AvgIpc) is 2.40. The van der Waals surface area contributed by atoms with Crippen LogP contribution in [0.25, 0.3) is 0 Å². The molecular formula is C17H19BrFN. The van der Waals surface area contributed by atoms with Crippen molar-refractivity contribution in [3.63, 3.8) is 0 Å². The van der Waals surface area contributed by atoms with E-state index < -0.39 is 0 Å². The van der Waals surface area contributed by atoms with Gasteiger partial charge in [0, 0.05) is 4.47 Å². The fraction of sp³-hybridized carbons (Fsp3) is 0.294. The lowest BCUT2D eigenvalue weighted by Crippen LogP contribution is -2.19. The maximum absolute atomic E-state index is 13.5. The van der Waals surface area contributed by atoms with E-state index in [1.165, 1.54) is 17.2 Å². The lowest BCUT2D eigenvalue weighted by Gasteiger charge is -2.21. The standard InChI is InChI=1S/C17H19BrFN/c1-10-5-6-14(19)9-15(10)17(20-4)13-7-11(2)16(18)12(3)8-13/h5-9,17,20H,1-4H3. The van der Waals surface area contributed by atoms with Gasteiger partial charge in [0.1, 0.15) is 5.82 Å². The molecule has 2 rings (SSSR count). The van der Waals surface area contributed by atoms with Crippen LogP contribution in [-0.2, 0) is 0 Å². The highest BCUT2D eigenvalue weighted by atomic mass is 79.9. The fourth-order valence-corrected chi connectivity index (χ4v) is 2.80. The van der Waals surface area contributed by atoms with Gasteiger partial charge >= 0.3 is 0 Å². The van der Waals surface area contributed by atoms with Crippen LogP contribution >= 0.6 is 15.9 Å². The molecule has 0 saturated heterocycles. The summed E-state index contributed by atoms with van der Waals surface area (Å²) in [5, 5.41) is 3.29. The third kappa shape index (κ3) is 2.94. The molecule has 0 saturated carbocycles. The molecular weight excluding hydrogens is 317 g/mol. The average molecular weight is 336 g/mol. The molecule has 1 unspecified atom stereocenters. The summed E-state index contributed by atoms with van der Waals surface area (Å²) in [4.78, 5) is 0. The number of aryl methyl sites for hydroxylation is 3. The first-order chi connectivity index (χ1) is 9.43. The molecule has 0 spiro atoms. The van der Waals surface area contributed by atoms with E-state index in [2.05, 4.69) is 47.2 Å².